The molecule has 4 heteroatoms. The summed E-state index contributed by atoms with van der Waals surface area (Å²) in [6.45, 7) is 16.5. The van der Waals surface area contributed by atoms with Crippen molar-refractivity contribution in [1.82, 2.24) is 5.01 Å². The van der Waals surface area contributed by atoms with Crippen LogP contribution in [0.2, 0.25) is 0 Å². The zero-order valence-corrected chi connectivity index (χ0v) is 16.1. The highest BCUT2D eigenvalue weighted by Crippen LogP contribution is 2.32. The lowest BCUT2D eigenvalue weighted by Crippen LogP contribution is -2.47. The standard InChI is InChI=1S/C20H33N3O/c1-8-10-15(11-9-14-21)16-12-13-17(19(2,3)4)22-23(16)18(24)20(5,6)7/h8-11,16H,1,12-14,21H2,2-7H3/b11-9-,15-10+. The van der Waals surface area contributed by atoms with Crippen LogP contribution in [-0.4, -0.2) is 29.2 Å². The third kappa shape index (κ3) is 5.17. The van der Waals surface area contributed by atoms with Crippen LogP contribution in [0.5, 0.6) is 0 Å². The lowest BCUT2D eigenvalue weighted by molar-refractivity contribution is -0.141. The summed E-state index contributed by atoms with van der Waals surface area (Å²) >= 11 is 0. The minimum atomic E-state index is -0.487. The second-order valence-corrected chi connectivity index (χ2v) is 8.29. The summed E-state index contributed by atoms with van der Waals surface area (Å²) < 4.78 is 0. The van der Waals surface area contributed by atoms with E-state index in [0.717, 1.165) is 24.1 Å². The molecule has 1 atom stereocenters. The van der Waals surface area contributed by atoms with Crippen LogP contribution in [0.4, 0.5) is 0 Å². The second kappa shape index (κ2) is 7.93. The average Bonchev–Trinajstić information content (AvgIpc) is 2.48. The van der Waals surface area contributed by atoms with E-state index in [1.807, 2.05) is 39.0 Å². The van der Waals surface area contributed by atoms with Crippen molar-refractivity contribution in [2.45, 2.75) is 60.4 Å². The minimum absolute atomic E-state index is 0.0325. The summed E-state index contributed by atoms with van der Waals surface area (Å²) in [6.07, 6.45) is 9.31. The first-order valence-corrected chi connectivity index (χ1v) is 8.63. The van der Waals surface area contributed by atoms with Crippen molar-refractivity contribution >= 4 is 11.6 Å². The molecule has 0 aromatic carbocycles. The van der Waals surface area contributed by atoms with E-state index in [2.05, 4.69) is 27.4 Å². The number of hydrogen-bond acceptors (Lipinski definition) is 3. The normalized spacial score (nSPS) is 20.3. The smallest absolute Gasteiger partial charge is 0.248 e. The Bertz CT molecular complexity index is 556. The van der Waals surface area contributed by atoms with Gasteiger partial charge in [-0.1, -0.05) is 72.4 Å². The molecular weight excluding hydrogens is 298 g/mol. The summed E-state index contributed by atoms with van der Waals surface area (Å²) in [7, 11) is 0. The number of carbonyl (C=O) groups excluding carboxylic acids is 1. The van der Waals surface area contributed by atoms with Crippen LogP contribution in [-0.2, 0) is 4.79 Å². The molecule has 0 fully saturated rings. The molecule has 4 nitrogen and oxygen atoms in total. The van der Waals surface area contributed by atoms with E-state index < -0.39 is 5.41 Å². The molecule has 0 aromatic rings. The van der Waals surface area contributed by atoms with Gasteiger partial charge in [0.15, 0.2) is 0 Å². The fraction of sp³-hybridized carbons (Fsp3) is 0.600. The van der Waals surface area contributed by atoms with E-state index in [4.69, 9.17) is 10.8 Å². The van der Waals surface area contributed by atoms with Crippen LogP contribution in [0.25, 0.3) is 0 Å². The maximum Gasteiger partial charge on any atom is 0.248 e. The Morgan fingerprint density at radius 2 is 1.96 bits per heavy atom. The van der Waals surface area contributed by atoms with Crippen molar-refractivity contribution in [2.75, 3.05) is 6.54 Å². The SMILES string of the molecule is C=C/C=C(\C=C/CN)C1CCC(C(C)(C)C)=NN1C(=O)C(C)(C)C. The number of allylic oxidation sites excluding steroid dienone is 2. The van der Waals surface area contributed by atoms with Crippen LogP contribution >= 0.6 is 0 Å². The highest BCUT2D eigenvalue weighted by Gasteiger charge is 2.37. The first kappa shape index (κ1) is 20.4. The summed E-state index contributed by atoms with van der Waals surface area (Å²) in [6, 6.07) is -0.0800. The molecule has 1 heterocycles. The summed E-state index contributed by atoms with van der Waals surface area (Å²) in [5.74, 6) is 0.0325. The highest BCUT2D eigenvalue weighted by molar-refractivity contribution is 5.92. The molecule has 0 bridgehead atoms. The van der Waals surface area contributed by atoms with Gasteiger partial charge in [-0.3, -0.25) is 4.79 Å². The van der Waals surface area contributed by atoms with Crippen LogP contribution < -0.4 is 5.73 Å². The molecule has 24 heavy (non-hydrogen) atoms. The van der Waals surface area contributed by atoms with Gasteiger partial charge in [-0.2, -0.15) is 5.10 Å². The molecule has 0 radical (unpaired) electrons. The predicted molar refractivity (Wildman–Crippen MR) is 103 cm³/mol. The monoisotopic (exact) mass is 331 g/mol. The molecule has 0 aliphatic carbocycles. The number of amides is 1. The third-order valence-electron chi connectivity index (χ3n) is 4.04. The molecule has 134 valence electrons. The molecule has 0 spiro atoms. The molecule has 2 N–H and O–H groups in total. The Morgan fingerprint density at radius 3 is 2.42 bits per heavy atom. The Labute approximate surface area is 147 Å². The largest absolute Gasteiger partial charge is 0.327 e. The minimum Gasteiger partial charge on any atom is -0.327 e. The average molecular weight is 332 g/mol. The van der Waals surface area contributed by atoms with E-state index in [9.17, 15) is 4.79 Å². The fourth-order valence-electron chi connectivity index (χ4n) is 2.63. The number of nitrogens with two attached hydrogens (primary N) is 1. The summed E-state index contributed by atoms with van der Waals surface area (Å²) in [4.78, 5) is 13.0. The van der Waals surface area contributed by atoms with E-state index >= 15 is 0 Å². The number of hydrazone groups is 1. The zero-order valence-electron chi connectivity index (χ0n) is 16.1. The first-order valence-electron chi connectivity index (χ1n) is 8.63. The van der Waals surface area contributed by atoms with Crippen molar-refractivity contribution in [3.05, 3.63) is 36.5 Å². The molecule has 1 rings (SSSR count). The molecule has 0 saturated heterocycles. The molecule has 1 unspecified atom stereocenters. The lowest BCUT2D eigenvalue weighted by Gasteiger charge is -2.39. The second-order valence-electron chi connectivity index (χ2n) is 8.29. The number of nitrogens with zero attached hydrogens (tertiary/aromatic N) is 2. The van der Waals surface area contributed by atoms with E-state index in [1.54, 1.807) is 11.1 Å². The Morgan fingerprint density at radius 1 is 1.33 bits per heavy atom. The van der Waals surface area contributed by atoms with Crippen LogP contribution in [0.3, 0.4) is 0 Å². The highest BCUT2D eigenvalue weighted by atomic mass is 16.2. The van der Waals surface area contributed by atoms with E-state index in [1.165, 1.54) is 0 Å². The Hall–Kier alpha value is -1.68. The third-order valence-corrected chi connectivity index (χ3v) is 4.04. The van der Waals surface area contributed by atoms with E-state index in [-0.39, 0.29) is 17.4 Å². The van der Waals surface area contributed by atoms with Crippen molar-refractivity contribution in [3.8, 4) is 0 Å². The summed E-state index contributed by atoms with van der Waals surface area (Å²) in [5, 5.41) is 6.45. The van der Waals surface area contributed by atoms with Gasteiger partial charge in [0.25, 0.3) is 0 Å². The van der Waals surface area contributed by atoms with Gasteiger partial charge in [-0.05, 0) is 18.4 Å². The number of carbonyl (C=O) groups is 1. The fourth-order valence-corrected chi connectivity index (χ4v) is 2.63. The van der Waals surface area contributed by atoms with Gasteiger partial charge < -0.3 is 5.73 Å². The van der Waals surface area contributed by atoms with Gasteiger partial charge in [0.1, 0.15) is 0 Å². The van der Waals surface area contributed by atoms with Crippen molar-refractivity contribution in [3.63, 3.8) is 0 Å². The van der Waals surface area contributed by atoms with Gasteiger partial charge in [-0.25, -0.2) is 5.01 Å². The molecule has 0 saturated carbocycles. The Kier molecular flexibility index (Phi) is 6.73. The summed E-state index contributed by atoms with van der Waals surface area (Å²) in [5.41, 5.74) is 7.15. The van der Waals surface area contributed by atoms with Gasteiger partial charge in [0.2, 0.25) is 5.91 Å². The molecule has 0 aromatic heterocycles. The first-order chi connectivity index (χ1) is 11.0. The lowest BCUT2D eigenvalue weighted by atomic mass is 9.83. The van der Waals surface area contributed by atoms with Crippen molar-refractivity contribution in [1.29, 1.82) is 0 Å². The van der Waals surface area contributed by atoms with Crippen molar-refractivity contribution in [2.24, 2.45) is 21.7 Å². The number of rotatable bonds is 4. The van der Waals surface area contributed by atoms with Gasteiger partial charge in [0, 0.05) is 23.1 Å². The number of hydrogen-bond donors (Lipinski definition) is 1. The zero-order chi connectivity index (χ0) is 18.5. The predicted octanol–water partition coefficient (Wildman–Crippen LogP) is 4.05. The Balaban J connectivity index is 3.35. The van der Waals surface area contributed by atoms with Crippen LogP contribution in [0.15, 0.2) is 41.6 Å². The van der Waals surface area contributed by atoms with Crippen molar-refractivity contribution < 1.29 is 4.79 Å². The van der Waals surface area contributed by atoms with E-state index in [0.29, 0.717) is 6.54 Å². The molecule has 1 aliphatic heterocycles. The topological polar surface area (TPSA) is 58.7 Å². The van der Waals surface area contributed by atoms with Gasteiger partial charge in [0.05, 0.1) is 6.04 Å². The maximum absolute atomic E-state index is 13.0. The molecular formula is C20H33N3O. The molecule has 1 aliphatic rings. The quantitative estimate of drug-likeness (QED) is 0.790. The van der Waals surface area contributed by atoms with Crippen LogP contribution in [0, 0.1) is 10.8 Å². The maximum atomic E-state index is 13.0. The molecule has 1 amide bonds. The van der Waals surface area contributed by atoms with Crippen LogP contribution in [0.1, 0.15) is 54.4 Å². The van der Waals surface area contributed by atoms with Gasteiger partial charge in [-0.15, -0.1) is 0 Å². The van der Waals surface area contributed by atoms with Gasteiger partial charge >= 0.3 is 0 Å².